The van der Waals surface area contributed by atoms with Crippen LogP contribution in [0.25, 0.3) is 6.08 Å². The lowest BCUT2D eigenvalue weighted by Crippen LogP contribution is -2.43. The third kappa shape index (κ3) is 3.83. The maximum atomic E-state index is 6.58. The van der Waals surface area contributed by atoms with E-state index < -0.39 is 0 Å². The summed E-state index contributed by atoms with van der Waals surface area (Å²) in [6.07, 6.45) is 5.81. The van der Waals surface area contributed by atoms with Gasteiger partial charge in [0.25, 0.3) is 0 Å². The lowest BCUT2D eigenvalue weighted by molar-refractivity contribution is 0.0911. The van der Waals surface area contributed by atoms with Crippen molar-refractivity contribution in [1.29, 1.82) is 0 Å². The summed E-state index contributed by atoms with van der Waals surface area (Å²) in [7, 11) is 3.24. The Morgan fingerprint density at radius 1 is 1.09 bits per heavy atom. The van der Waals surface area contributed by atoms with Gasteiger partial charge in [-0.2, -0.15) is 0 Å². The third-order valence-electron chi connectivity index (χ3n) is 6.40. The van der Waals surface area contributed by atoms with Gasteiger partial charge in [-0.15, -0.1) is 0 Å². The van der Waals surface area contributed by atoms with Crippen molar-refractivity contribution in [3.63, 3.8) is 0 Å². The van der Waals surface area contributed by atoms with Crippen LogP contribution in [0, 0.1) is 0 Å². The van der Waals surface area contributed by atoms with Gasteiger partial charge in [0, 0.05) is 17.2 Å². The first-order chi connectivity index (χ1) is 16.5. The summed E-state index contributed by atoms with van der Waals surface area (Å²) in [4.78, 5) is 5.80. The molecule has 0 saturated carbocycles. The predicted molar refractivity (Wildman–Crippen MR) is 130 cm³/mol. The van der Waals surface area contributed by atoms with Crippen molar-refractivity contribution in [2.45, 2.75) is 51.2 Å². The van der Waals surface area contributed by atoms with Crippen molar-refractivity contribution in [2.24, 2.45) is 5.16 Å². The van der Waals surface area contributed by atoms with E-state index in [0.29, 0.717) is 24.7 Å². The first-order valence-electron chi connectivity index (χ1n) is 11.8. The number of methoxy groups -OCH3 is 2. The maximum Gasteiger partial charge on any atom is 0.164 e. The van der Waals surface area contributed by atoms with Gasteiger partial charge in [-0.3, -0.25) is 0 Å². The minimum Gasteiger partial charge on any atom is -0.493 e. The minimum atomic E-state index is -0.374. The highest BCUT2D eigenvalue weighted by Crippen LogP contribution is 2.50. The van der Waals surface area contributed by atoms with Gasteiger partial charge in [0.05, 0.1) is 25.7 Å². The molecule has 0 amide bonds. The Kier molecular flexibility index (Phi) is 5.80. The van der Waals surface area contributed by atoms with E-state index in [1.165, 1.54) is 0 Å². The molecule has 34 heavy (non-hydrogen) atoms. The molecule has 2 aromatic rings. The number of unbranched alkanes of at least 4 members (excludes halogenated alkanes) is 1. The van der Waals surface area contributed by atoms with Crippen LogP contribution >= 0.6 is 0 Å². The largest absolute Gasteiger partial charge is 0.493 e. The SMILES string of the molecule is CCCCO/N=C1\c2ccc3c(c2O[C@@H]2COc4cc(OC)c(OC)cc4[C@H]12)C=CC(C)(C)O3. The van der Waals surface area contributed by atoms with Gasteiger partial charge in [0.1, 0.15) is 47.9 Å². The van der Waals surface area contributed by atoms with Crippen molar-refractivity contribution in [3.8, 4) is 28.7 Å². The Labute approximate surface area is 200 Å². The van der Waals surface area contributed by atoms with Gasteiger partial charge in [0.15, 0.2) is 11.5 Å². The summed E-state index contributed by atoms with van der Waals surface area (Å²) in [5, 5.41) is 4.67. The molecule has 0 spiro atoms. The van der Waals surface area contributed by atoms with Crippen LogP contribution in [0.4, 0.5) is 0 Å². The normalized spacial score (nSPS) is 22.2. The van der Waals surface area contributed by atoms with Gasteiger partial charge in [-0.1, -0.05) is 18.5 Å². The molecule has 3 aliphatic rings. The van der Waals surface area contributed by atoms with Crippen LogP contribution < -0.4 is 23.7 Å². The number of fused-ring (bicyclic) bond motifs is 6. The number of ether oxygens (including phenoxy) is 5. The molecule has 0 bridgehead atoms. The summed E-state index contributed by atoms with van der Waals surface area (Å²) in [6, 6.07) is 7.81. The Morgan fingerprint density at radius 3 is 2.65 bits per heavy atom. The van der Waals surface area contributed by atoms with Crippen LogP contribution in [0.1, 0.15) is 56.2 Å². The van der Waals surface area contributed by atoms with Crippen molar-refractivity contribution in [1.82, 2.24) is 0 Å². The fourth-order valence-electron chi connectivity index (χ4n) is 4.65. The van der Waals surface area contributed by atoms with E-state index in [-0.39, 0.29) is 17.6 Å². The van der Waals surface area contributed by atoms with Gasteiger partial charge < -0.3 is 28.5 Å². The highest BCUT2D eigenvalue weighted by Gasteiger charge is 2.44. The molecular weight excluding hydrogens is 434 g/mol. The molecule has 0 unspecified atom stereocenters. The molecule has 0 saturated heterocycles. The second-order valence-corrected chi connectivity index (χ2v) is 9.25. The van der Waals surface area contributed by atoms with Gasteiger partial charge in [-0.05, 0) is 50.6 Å². The van der Waals surface area contributed by atoms with E-state index in [2.05, 4.69) is 18.2 Å². The number of hydrogen-bond donors (Lipinski definition) is 0. The molecule has 7 heteroatoms. The molecule has 3 aliphatic heterocycles. The predicted octanol–water partition coefficient (Wildman–Crippen LogP) is 5.35. The Bertz CT molecular complexity index is 1150. The fourth-order valence-corrected chi connectivity index (χ4v) is 4.65. The first-order valence-corrected chi connectivity index (χ1v) is 11.8. The zero-order valence-electron chi connectivity index (χ0n) is 20.3. The average molecular weight is 466 g/mol. The molecule has 0 radical (unpaired) electrons. The molecule has 0 N–H and O–H groups in total. The van der Waals surface area contributed by atoms with Crippen LogP contribution in [-0.4, -0.2) is 44.9 Å². The maximum absolute atomic E-state index is 6.58. The monoisotopic (exact) mass is 465 g/mol. The molecule has 0 aliphatic carbocycles. The zero-order chi connectivity index (χ0) is 23.9. The number of nitrogens with zero attached hydrogens (tertiary/aromatic N) is 1. The highest BCUT2D eigenvalue weighted by molar-refractivity contribution is 6.09. The molecule has 0 aromatic heterocycles. The number of rotatable bonds is 6. The van der Waals surface area contributed by atoms with E-state index in [4.69, 9.17) is 28.5 Å². The van der Waals surface area contributed by atoms with Crippen LogP contribution in [0.15, 0.2) is 35.5 Å². The van der Waals surface area contributed by atoms with Gasteiger partial charge in [-0.25, -0.2) is 0 Å². The molecule has 3 heterocycles. The van der Waals surface area contributed by atoms with Crippen LogP contribution in [0.3, 0.4) is 0 Å². The van der Waals surface area contributed by atoms with Crippen molar-refractivity contribution in [2.75, 3.05) is 27.4 Å². The molecule has 2 aromatic carbocycles. The number of benzene rings is 2. The zero-order valence-corrected chi connectivity index (χ0v) is 20.3. The van der Waals surface area contributed by atoms with E-state index in [1.807, 2.05) is 44.2 Å². The smallest absolute Gasteiger partial charge is 0.164 e. The minimum absolute atomic E-state index is 0.180. The molecule has 2 atom stereocenters. The number of hydrogen-bond acceptors (Lipinski definition) is 7. The topological polar surface area (TPSA) is 67.7 Å². The van der Waals surface area contributed by atoms with Crippen molar-refractivity contribution < 1.29 is 28.5 Å². The lowest BCUT2D eigenvalue weighted by Gasteiger charge is -2.40. The number of oxime groups is 1. The second kappa shape index (κ2) is 8.78. The van der Waals surface area contributed by atoms with E-state index in [1.54, 1.807) is 14.2 Å². The summed E-state index contributed by atoms with van der Waals surface area (Å²) in [6.45, 7) is 7.13. The summed E-state index contributed by atoms with van der Waals surface area (Å²) >= 11 is 0. The molecule has 5 rings (SSSR count). The van der Waals surface area contributed by atoms with Crippen molar-refractivity contribution in [3.05, 3.63) is 47.0 Å². The van der Waals surface area contributed by atoms with Gasteiger partial charge in [0.2, 0.25) is 0 Å². The Balaban J connectivity index is 1.64. The average Bonchev–Trinajstić information content (AvgIpc) is 2.83. The molecule has 0 fully saturated rings. The second-order valence-electron chi connectivity index (χ2n) is 9.25. The van der Waals surface area contributed by atoms with Gasteiger partial charge >= 0.3 is 0 Å². The first kappa shape index (κ1) is 22.4. The summed E-state index contributed by atoms with van der Waals surface area (Å²) in [5.41, 5.74) is 3.19. The van der Waals surface area contributed by atoms with E-state index in [9.17, 15) is 0 Å². The third-order valence-corrected chi connectivity index (χ3v) is 6.40. The highest BCUT2D eigenvalue weighted by atomic mass is 16.6. The Morgan fingerprint density at radius 2 is 1.88 bits per heavy atom. The standard InChI is InChI=1S/C27H31NO6/c1-6-7-12-32-28-25-17-8-9-19-16(10-11-27(2,3)34-19)26(17)33-23-15-31-20-14-22(30-5)21(29-4)13-18(20)24(23)25/h8-11,13-14,23-24H,6-7,12,15H2,1-5H3/b28-25+/t23-,24+/m1/s1. The Hall–Kier alpha value is -3.35. The van der Waals surface area contributed by atoms with Crippen LogP contribution in [0.5, 0.6) is 28.7 Å². The molecule has 7 nitrogen and oxygen atoms in total. The molecule has 180 valence electrons. The fraction of sp³-hybridized carbons (Fsp3) is 0.444. The van der Waals surface area contributed by atoms with E-state index >= 15 is 0 Å². The lowest BCUT2D eigenvalue weighted by atomic mass is 9.80. The van der Waals surface area contributed by atoms with Crippen LogP contribution in [0.2, 0.25) is 0 Å². The summed E-state index contributed by atoms with van der Waals surface area (Å²) in [5.74, 6) is 3.34. The van der Waals surface area contributed by atoms with E-state index in [0.717, 1.165) is 52.5 Å². The summed E-state index contributed by atoms with van der Waals surface area (Å²) < 4.78 is 29.9. The van der Waals surface area contributed by atoms with Crippen molar-refractivity contribution >= 4 is 11.8 Å². The van der Waals surface area contributed by atoms with Crippen LogP contribution in [-0.2, 0) is 4.84 Å². The molecular formula is C27H31NO6. The quantitative estimate of drug-likeness (QED) is 0.423.